The standard InChI is InChI=1S/C12H25NO2/c1-5-12(2)6-8-13(9-7-12)10-11(14-3)15-4/h11H,5-10H2,1-4H3. The molecule has 0 bridgehead atoms. The Morgan fingerprint density at radius 2 is 1.73 bits per heavy atom. The molecule has 0 spiro atoms. The van der Waals surface area contributed by atoms with E-state index in [1.165, 1.54) is 32.4 Å². The van der Waals surface area contributed by atoms with Crippen molar-refractivity contribution in [2.75, 3.05) is 33.9 Å². The van der Waals surface area contributed by atoms with Crippen molar-refractivity contribution in [1.29, 1.82) is 0 Å². The van der Waals surface area contributed by atoms with E-state index in [0.29, 0.717) is 5.41 Å². The second-order valence-electron chi connectivity index (χ2n) is 4.87. The number of nitrogens with zero attached hydrogens (tertiary/aromatic N) is 1. The molecule has 1 aliphatic heterocycles. The summed E-state index contributed by atoms with van der Waals surface area (Å²) in [6.45, 7) is 7.94. The first kappa shape index (κ1) is 12.9. The summed E-state index contributed by atoms with van der Waals surface area (Å²) >= 11 is 0. The van der Waals surface area contributed by atoms with Crippen LogP contribution in [0.1, 0.15) is 33.1 Å². The number of likely N-dealkylation sites (tertiary alicyclic amines) is 1. The predicted molar refractivity (Wildman–Crippen MR) is 61.9 cm³/mol. The van der Waals surface area contributed by atoms with Gasteiger partial charge in [-0.25, -0.2) is 0 Å². The second-order valence-corrected chi connectivity index (χ2v) is 4.87. The molecule has 0 aromatic rings. The normalized spacial score (nSPS) is 22.2. The summed E-state index contributed by atoms with van der Waals surface area (Å²) < 4.78 is 10.4. The van der Waals surface area contributed by atoms with Gasteiger partial charge < -0.3 is 9.47 Å². The Balaban J connectivity index is 2.31. The summed E-state index contributed by atoms with van der Waals surface area (Å²) in [5, 5.41) is 0. The van der Waals surface area contributed by atoms with Crippen LogP contribution in [0.2, 0.25) is 0 Å². The Labute approximate surface area is 93.7 Å². The number of hydrogen-bond acceptors (Lipinski definition) is 3. The van der Waals surface area contributed by atoms with Crippen LogP contribution in [0.4, 0.5) is 0 Å². The van der Waals surface area contributed by atoms with E-state index in [1.807, 2.05) is 0 Å². The van der Waals surface area contributed by atoms with Crippen molar-refractivity contribution in [3.8, 4) is 0 Å². The van der Waals surface area contributed by atoms with E-state index in [1.54, 1.807) is 14.2 Å². The van der Waals surface area contributed by atoms with Gasteiger partial charge in [-0.05, 0) is 31.3 Å². The first-order valence-corrected chi connectivity index (χ1v) is 5.91. The lowest BCUT2D eigenvalue weighted by Gasteiger charge is -2.39. The summed E-state index contributed by atoms with van der Waals surface area (Å²) in [4.78, 5) is 2.44. The molecule has 1 fully saturated rings. The summed E-state index contributed by atoms with van der Waals surface area (Å²) in [7, 11) is 3.41. The Kier molecular flexibility index (Phi) is 5.03. The van der Waals surface area contributed by atoms with Crippen molar-refractivity contribution < 1.29 is 9.47 Å². The molecule has 0 radical (unpaired) electrons. The molecular weight excluding hydrogens is 190 g/mol. The van der Waals surface area contributed by atoms with Gasteiger partial charge in [-0.3, -0.25) is 4.90 Å². The monoisotopic (exact) mass is 215 g/mol. The third kappa shape index (κ3) is 3.74. The molecule has 1 heterocycles. The molecule has 3 heteroatoms. The fourth-order valence-corrected chi connectivity index (χ4v) is 2.09. The van der Waals surface area contributed by atoms with E-state index in [0.717, 1.165) is 6.54 Å². The van der Waals surface area contributed by atoms with Crippen molar-refractivity contribution in [2.45, 2.75) is 39.4 Å². The third-order valence-corrected chi connectivity index (χ3v) is 3.85. The SMILES string of the molecule is CCC1(C)CCN(CC(OC)OC)CC1. The van der Waals surface area contributed by atoms with Crippen molar-refractivity contribution in [3.05, 3.63) is 0 Å². The molecule has 0 N–H and O–H groups in total. The van der Waals surface area contributed by atoms with E-state index >= 15 is 0 Å². The molecule has 0 atom stereocenters. The maximum absolute atomic E-state index is 5.22. The summed E-state index contributed by atoms with van der Waals surface area (Å²) in [5.74, 6) is 0. The zero-order valence-electron chi connectivity index (χ0n) is 10.6. The minimum atomic E-state index is -0.0732. The number of rotatable bonds is 5. The van der Waals surface area contributed by atoms with Gasteiger partial charge in [0.1, 0.15) is 0 Å². The number of methoxy groups -OCH3 is 2. The van der Waals surface area contributed by atoms with Gasteiger partial charge in [0, 0.05) is 20.8 Å². The summed E-state index contributed by atoms with van der Waals surface area (Å²) in [6, 6.07) is 0. The predicted octanol–water partition coefficient (Wildman–Crippen LogP) is 2.12. The lowest BCUT2D eigenvalue weighted by molar-refractivity contribution is -0.120. The van der Waals surface area contributed by atoms with Gasteiger partial charge >= 0.3 is 0 Å². The van der Waals surface area contributed by atoms with Gasteiger partial charge in [-0.1, -0.05) is 20.3 Å². The van der Waals surface area contributed by atoms with Crippen LogP contribution in [-0.2, 0) is 9.47 Å². The molecule has 0 amide bonds. The van der Waals surface area contributed by atoms with E-state index in [4.69, 9.17) is 9.47 Å². The highest BCUT2D eigenvalue weighted by Crippen LogP contribution is 2.33. The van der Waals surface area contributed by atoms with Crippen LogP contribution < -0.4 is 0 Å². The van der Waals surface area contributed by atoms with Crippen molar-refractivity contribution in [3.63, 3.8) is 0 Å². The van der Waals surface area contributed by atoms with Gasteiger partial charge in [0.25, 0.3) is 0 Å². The smallest absolute Gasteiger partial charge is 0.169 e. The third-order valence-electron chi connectivity index (χ3n) is 3.85. The van der Waals surface area contributed by atoms with Crippen molar-refractivity contribution in [2.24, 2.45) is 5.41 Å². The van der Waals surface area contributed by atoms with E-state index in [9.17, 15) is 0 Å². The van der Waals surface area contributed by atoms with Crippen LogP contribution in [0.15, 0.2) is 0 Å². The molecule has 15 heavy (non-hydrogen) atoms. The largest absolute Gasteiger partial charge is 0.355 e. The molecular formula is C12H25NO2. The molecule has 0 aliphatic carbocycles. The van der Waals surface area contributed by atoms with Gasteiger partial charge in [-0.15, -0.1) is 0 Å². The molecule has 1 aliphatic rings. The molecule has 0 aromatic heterocycles. The minimum absolute atomic E-state index is 0.0732. The van der Waals surface area contributed by atoms with Crippen LogP contribution >= 0.6 is 0 Å². The van der Waals surface area contributed by atoms with Gasteiger partial charge in [-0.2, -0.15) is 0 Å². The quantitative estimate of drug-likeness (QED) is 0.656. The average molecular weight is 215 g/mol. The number of piperidine rings is 1. The Morgan fingerprint density at radius 3 is 2.13 bits per heavy atom. The average Bonchev–Trinajstić information content (AvgIpc) is 2.28. The highest BCUT2D eigenvalue weighted by atomic mass is 16.7. The van der Waals surface area contributed by atoms with Gasteiger partial charge in [0.05, 0.1) is 0 Å². The van der Waals surface area contributed by atoms with Gasteiger partial charge in [0.15, 0.2) is 6.29 Å². The van der Waals surface area contributed by atoms with Crippen LogP contribution in [-0.4, -0.2) is 45.0 Å². The number of ether oxygens (including phenoxy) is 2. The molecule has 1 rings (SSSR count). The molecule has 0 unspecified atom stereocenters. The molecule has 1 saturated heterocycles. The Hall–Kier alpha value is -0.120. The second kappa shape index (κ2) is 5.83. The van der Waals surface area contributed by atoms with Crippen LogP contribution in [0.5, 0.6) is 0 Å². The van der Waals surface area contributed by atoms with E-state index in [2.05, 4.69) is 18.7 Å². The van der Waals surface area contributed by atoms with Gasteiger partial charge in [0.2, 0.25) is 0 Å². The summed E-state index contributed by atoms with van der Waals surface area (Å²) in [5.41, 5.74) is 0.562. The topological polar surface area (TPSA) is 21.7 Å². The fourth-order valence-electron chi connectivity index (χ4n) is 2.09. The van der Waals surface area contributed by atoms with Crippen LogP contribution in [0.25, 0.3) is 0 Å². The zero-order valence-corrected chi connectivity index (χ0v) is 10.6. The van der Waals surface area contributed by atoms with E-state index in [-0.39, 0.29) is 6.29 Å². The highest BCUT2D eigenvalue weighted by molar-refractivity contribution is 4.81. The Bertz CT molecular complexity index is 172. The Morgan fingerprint density at radius 1 is 1.20 bits per heavy atom. The summed E-state index contributed by atoms with van der Waals surface area (Å²) in [6.07, 6.45) is 3.81. The molecule has 90 valence electrons. The lowest BCUT2D eigenvalue weighted by atomic mass is 9.78. The van der Waals surface area contributed by atoms with Crippen LogP contribution in [0, 0.1) is 5.41 Å². The van der Waals surface area contributed by atoms with Crippen molar-refractivity contribution >= 4 is 0 Å². The van der Waals surface area contributed by atoms with Crippen LogP contribution in [0.3, 0.4) is 0 Å². The molecule has 3 nitrogen and oxygen atoms in total. The maximum atomic E-state index is 5.22. The van der Waals surface area contributed by atoms with Crippen molar-refractivity contribution in [1.82, 2.24) is 4.90 Å². The molecule has 0 aromatic carbocycles. The fraction of sp³-hybridized carbons (Fsp3) is 1.00. The first-order valence-electron chi connectivity index (χ1n) is 5.91. The zero-order chi connectivity index (χ0) is 11.3. The first-order chi connectivity index (χ1) is 7.13. The molecule has 0 saturated carbocycles. The lowest BCUT2D eigenvalue weighted by Crippen LogP contribution is -2.42. The highest BCUT2D eigenvalue weighted by Gasteiger charge is 2.28. The minimum Gasteiger partial charge on any atom is -0.355 e. The van der Waals surface area contributed by atoms with E-state index < -0.39 is 0 Å². The number of hydrogen-bond donors (Lipinski definition) is 0. The maximum Gasteiger partial charge on any atom is 0.169 e.